The van der Waals surface area contributed by atoms with Gasteiger partial charge in [0.1, 0.15) is 0 Å². The molecule has 0 fully saturated rings. The van der Waals surface area contributed by atoms with Gasteiger partial charge in [-0.2, -0.15) is 0 Å². The van der Waals surface area contributed by atoms with Gasteiger partial charge in [-0.3, -0.25) is 9.59 Å². The zero-order valence-corrected chi connectivity index (χ0v) is 13.9. The van der Waals surface area contributed by atoms with Gasteiger partial charge in [-0.15, -0.1) is 11.3 Å². The van der Waals surface area contributed by atoms with E-state index in [1.165, 1.54) is 11.3 Å². The first-order chi connectivity index (χ1) is 11.7. The van der Waals surface area contributed by atoms with Crippen LogP contribution in [0.5, 0.6) is 0 Å². The smallest absolute Gasteiger partial charge is 0.229 e. The second kappa shape index (κ2) is 6.20. The zero-order chi connectivity index (χ0) is 16.5. The van der Waals surface area contributed by atoms with Crippen molar-refractivity contribution in [2.45, 2.75) is 25.7 Å². The molecule has 122 valence electrons. The number of carbonyl (C=O) groups is 2. The van der Waals surface area contributed by atoms with Crippen molar-refractivity contribution in [3.8, 4) is 11.3 Å². The molecule has 2 heterocycles. The number of carbonyl (C=O) groups excluding carboxylic acids is 2. The molecule has 0 radical (unpaired) electrons. The number of amides is 2. The Morgan fingerprint density at radius 3 is 3.08 bits per heavy atom. The third kappa shape index (κ3) is 2.97. The van der Waals surface area contributed by atoms with Gasteiger partial charge < -0.3 is 10.6 Å². The molecule has 1 aromatic heterocycles. The van der Waals surface area contributed by atoms with Crippen LogP contribution in [0.3, 0.4) is 0 Å². The fraction of sp³-hybridized carbons (Fsp3) is 0.278. The van der Waals surface area contributed by atoms with E-state index >= 15 is 0 Å². The van der Waals surface area contributed by atoms with Crippen LogP contribution in [-0.4, -0.2) is 16.8 Å². The van der Waals surface area contributed by atoms with E-state index < -0.39 is 0 Å². The van der Waals surface area contributed by atoms with Crippen molar-refractivity contribution in [1.29, 1.82) is 0 Å². The first-order valence-corrected chi connectivity index (χ1v) is 8.91. The molecule has 1 atom stereocenters. The number of thiazole rings is 1. The molecule has 1 aliphatic carbocycles. The summed E-state index contributed by atoms with van der Waals surface area (Å²) in [6.45, 7) is 0. The van der Waals surface area contributed by atoms with E-state index in [0.717, 1.165) is 41.8 Å². The van der Waals surface area contributed by atoms with Crippen LogP contribution >= 0.6 is 11.3 Å². The molecule has 5 nitrogen and oxygen atoms in total. The Kier molecular flexibility index (Phi) is 3.90. The van der Waals surface area contributed by atoms with Gasteiger partial charge in [0, 0.05) is 22.5 Å². The zero-order valence-electron chi connectivity index (χ0n) is 13.0. The lowest BCUT2D eigenvalue weighted by Gasteiger charge is -2.15. The lowest BCUT2D eigenvalue weighted by molar-refractivity contribution is -0.120. The largest absolute Gasteiger partial charge is 0.326 e. The topological polar surface area (TPSA) is 71.1 Å². The van der Waals surface area contributed by atoms with Crippen molar-refractivity contribution in [3.63, 3.8) is 0 Å². The van der Waals surface area contributed by atoms with Crippen molar-refractivity contribution in [1.82, 2.24) is 4.98 Å². The molecule has 1 aromatic carbocycles. The fourth-order valence-electron chi connectivity index (χ4n) is 3.09. The highest BCUT2D eigenvalue weighted by Crippen LogP contribution is 2.31. The number of rotatable bonds is 3. The van der Waals surface area contributed by atoms with Gasteiger partial charge >= 0.3 is 0 Å². The predicted octanol–water partition coefficient (Wildman–Crippen LogP) is 3.60. The van der Waals surface area contributed by atoms with Crippen molar-refractivity contribution in [2.75, 3.05) is 10.6 Å². The van der Waals surface area contributed by atoms with Crippen LogP contribution in [0.1, 0.15) is 24.8 Å². The molecule has 1 aliphatic heterocycles. The number of allylic oxidation sites excluding steroid dienone is 2. The van der Waals surface area contributed by atoms with Crippen molar-refractivity contribution < 1.29 is 9.59 Å². The van der Waals surface area contributed by atoms with Crippen LogP contribution in [0.2, 0.25) is 0 Å². The van der Waals surface area contributed by atoms with Crippen molar-refractivity contribution in [3.05, 3.63) is 41.3 Å². The maximum atomic E-state index is 12.3. The van der Waals surface area contributed by atoms with Gasteiger partial charge in [-0.25, -0.2) is 4.98 Å². The maximum Gasteiger partial charge on any atom is 0.229 e. The predicted molar refractivity (Wildman–Crippen MR) is 95.0 cm³/mol. The Morgan fingerprint density at radius 2 is 2.25 bits per heavy atom. The Morgan fingerprint density at radius 1 is 1.33 bits per heavy atom. The highest BCUT2D eigenvalue weighted by molar-refractivity contribution is 7.14. The third-order valence-corrected chi connectivity index (χ3v) is 5.16. The summed E-state index contributed by atoms with van der Waals surface area (Å²) in [7, 11) is 0. The summed E-state index contributed by atoms with van der Waals surface area (Å²) in [5.74, 6) is 0.110. The van der Waals surface area contributed by atoms with Crippen LogP contribution in [0.15, 0.2) is 35.7 Å². The number of aromatic nitrogens is 1. The Balaban J connectivity index is 1.49. The van der Waals surface area contributed by atoms with E-state index in [2.05, 4.69) is 27.8 Å². The third-order valence-electron chi connectivity index (χ3n) is 4.40. The minimum atomic E-state index is 0.0231. The first-order valence-electron chi connectivity index (χ1n) is 8.03. The second-order valence-corrected chi connectivity index (χ2v) is 6.96. The summed E-state index contributed by atoms with van der Waals surface area (Å²) in [5.41, 5.74) is 3.64. The van der Waals surface area contributed by atoms with Gasteiger partial charge in [0.25, 0.3) is 0 Å². The van der Waals surface area contributed by atoms with Crippen molar-refractivity contribution >= 4 is 34.0 Å². The van der Waals surface area contributed by atoms with Gasteiger partial charge in [0.05, 0.1) is 12.1 Å². The molecule has 2 N–H and O–H groups in total. The van der Waals surface area contributed by atoms with Crippen LogP contribution in [0.25, 0.3) is 11.3 Å². The van der Waals surface area contributed by atoms with Crippen molar-refractivity contribution in [2.24, 2.45) is 5.92 Å². The molecule has 0 unspecified atom stereocenters. The van der Waals surface area contributed by atoms with Crippen LogP contribution in [0, 0.1) is 5.92 Å². The summed E-state index contributed by atoms with van der Waals surface area (Å²) in [6.07, 6.45) is 7.26. The van der Waals surface area contributed by atoms with Gasteiger partial charge in [-0.05, 0) is 37.0 Å². The Labute approximate surface area is 143 Å². The first kappa shape index (κ1) is 15.1. The van der Waals surface area contributed by atoms with Crippen LogP contribution in [0.4, 0.5) is 10.8 Å². The Bertz CT molecular complexity index is 841. The van der Waals surface area contributed by atoms with Crippen LogP contribution in [-0.2, 0) is 16.0 Å². The number of nitrogens with one attached hydrogen (secondary N) is 2. The maximum absolute atomic E-state index is 12.3. The Hall–Kier alpha value is -2.47. The SMILES string of the molecule is O=C1Cc2cc(-c3csc(NC(=O)[C@H]4CC=CCC4)n3)ccc2N1. The molecule has 0 spiro atoms. The van der Waals surface area contributed by atoms with Gasteiger partial charge in [-0.1, -0.05) is 18.2 Å². The summed E-state index contributed by atoms with van der Waals surface area (Å²) in [6, 6.07) is 5.83. The molecule has 0 bridgehead atoms. The van der Waals surface area contributed by atoms with E-state index in [4.69, 9.17) is 0 Å². The molecule has 24 heavy (non-hydrogen) atoms. The highest BCUT2D eigenvalue weighted by atomic mass is 32.1. The molecule has 2 aliphatic rings. The molecule has 2 aromatic rings. The van der Waals surface area contributed by atoms with E-state index in [1.807, 2.05) is 23.6 Å². The van der Waals surface area contributed by atoms with E-state index in [9.17, 15) is 9.59 Å². The highest BCUT2D eigenvalue weighted by Gasteiger charge is 2.21. The minimum absolute atomic E-state index is 0.0231. The number of hydrogen-bond acceptors (Lipinski definition) is 4. The summed E-state index contributed by atoms with van der Waals surface area (Å²) >= 11 is 1.43. The number of anilines is 2. The van der Waals surface area contributed by atoms with E-state index in [0.29, 0.717) is 11.6 Å². The van der Waals surface area contributed by atoms with E-state index in [1.54, 1.807) is 0 Å². The fourth-order valence-corrected chi connectivity index (χ4v) is 3.81. The number of fused-ring (bicyclic) bond motifs is 1. The summed E-state index contributed by atoms with van der Waals surface area (Å²) in [5, 5.41) is 8.31. The average Bonchev–Trinajstić information content (AvgIpc) is 3.20. The van der Waals surface area contributed by atoms with E-state index in [-0.39, 0.29) is 17.7 Å². The molecular weight excluding hydrogens is 322 g/mol. The minimum Gasteiger partial charge on any atom is -0.326 e. The quantitative estimate of drug-likeness (QED) is 0.839. The summed E-state index contributed by atoms with van der Waals surface area (Å²) < 4.78 is 0. The molecular formula is C18H17N3O2S. The molecule has 0 saturated heterocycles. The molecule has 2 amide bonds. The number of nitrogens with zero attached hydrogens (tertiary/aromatic N) is 1. The molecule has 6 heteroatoms. The van der Waals surface area contributed by atoms with Gasteiger partial charge in [0.15, 0.2) is 5.13 Å². The number of benzene rings is 1. The monoisotopic (exact) mass is 339 g/mol. The van der Waals surface area contributed by atoms with Gasteiger partial charge in [0.2, 0.25) is 11.8 Å². The average molecular weight is 339 g/mol. The number of hydrogen-bond donors (Lipinski definition) is 2. The normalized spacial score (nSPS) is 19.0. The van der Waals surface area contributed by atoms with Crippen LogP contribution < -0.4 is 10.6 Å². The second-order valence-electron chi connectivity index (χ2n) is 6.11. The standard InChI is InChI=1S/C18H17N3O2S/c22-16-9-13-8-12(6-7-14(13)19-16)15-10-24-18(20-15)21-17(23)11-4-2-1-3-5-11/h1-2,6-8,10-11H,3-5,9H2,(H,19,22)(H,20,21,23)/t11-/m0/s1. The molecule has 4 rings (SSSR count). The molecule has 0 saturated carbocycles. The lowest BCUT2D eigenvalue weighted by atomic mass is 9.94. The summed E-state index contributed by atoms with van der Waals surface area (Å²) in [4.78, 5) is 28.2. The lowest BCUT2D eigenvalue weighted by Crippen LogP contribution is -2.23.